The van der Waals surface area contributed by atoms with Crippen LogP contribution in [0.4, 0.5) is 0 Å². The largest absolute Gasteiger partial charge is 0.337 e. The smallest absolute Gasteiger partial charge is 0.241 e. The number of rotatable bonds is 5. The van der Waals surface area contributed by atoms with Gasteiger partial charge in [0.05, 0.1) is 0 Å². The number of benzene rings is 1. The van der Waals surface area contributed by atoms with Gasteiger partial charge in [0.15, 0.2) is 0 Å². The molecule has 0 aliphatic carbocycles. The van der Waals surface area contributed by atoms with Gasteiger partial charge in [0.1, 0.15) is 6.04 Å². The zero-order valence-electron chi connectivity index (χ0n) is 14.2. The van der Waals surface area contributed by atoms with Crippen LogP contribution < -0.4 is 10.9 Å². The summed E-state index contributed by atoms with van der Waals surface area (Å²) in [5.74, 6) is 0.247. The van der Waals surface area contributed by atoms with Crippen LogP contribution in [-0.4, -0.2) is 54.0 Å². The second-order valence-corrected chi connectivity index (χ2v) is 6.56. The Morgan fingerprint density at radius 1 is 1.35 bits per heavy atom. The average molecular weight is 316 g/mol. The molecule has 0 bridgehead atoms. The van der Waals surface area contributed by atoms with Crippen molar-refractivity contribution in [3.8, 4) is 0 Å². The van der Waals surface area contributed by atoms with Gasteiger partial charge < -0.3 is 4.90 Å². The highest BCUT2D eigenvalue weighted by atomic mass is 16.2. The maximum Gasteiger partial charge on any atom is 0.241 e. The first-order valence-corrected chi connectivity index (χ1v) is 8.78. The molecule has 5 heteroatoms. The molecule has 2 N–H and O–H groups in total. The fraction of sp³-hybridized carbons (Fsp3) is 0.611. The fourth-order valence-corrected chi connectivity index (χ4v) is 3.78. The van der Waals surface area contributed by atoms with E-state index in [2.05, 4.69) is 64.8 Å². The third-order valence-electron chi connectivity index (χ3n) is 5.22. The summed E-state index contributed by atoms with van der Waals surface area (Å²) in [5, 5.41) is 0. The summed E-state index contributed by atoms with van der Waals surface area (Å²) < 4.78 is 0. The van der Waals surface area contributed by atoms with Crippen molar-refractivity contribution in [3.05, 3.63) is 35.9 Å². The van der Waals surface area contributed by atoms with Gasteiger partial charge in [-0.3, -0.25) is 15.1 Å². The maximum atomic E-state index is 12.7. The van der Waals surface area contributed by atoms with Gasteiger partial charge in [0.2, 0.25) is 5.91 Å². The van der Waals surface area contributed by atoms with Crippen LogP contribution in [0.2, 0.25) is 0 Å². The van der Waals surface area contributed by atoms with E-state index in [1.807, 2.05) is 0 Å². The maximum absolute atomic E-state index is 12.7. The molecular formula is C18H28N4O. The van der Waals surface area contributed by atoms with Crippen molar-refractivity contribution < 1.29 is 4.79 Å². The Labute approximate surface area is 139 Å². The minimum Gasteiger partial charge on any atom is -0.337 e. The van der Waals surface area contributed by atoms with Gasteiger partial charge >= 0.3 is 0 Å². The Bertz CT molecular complexity index is 515. The number of likely N-dealkylation sites (tertiary alicyclic amines) is 1. The standard InChI is InChI=1S/C18H28N4O/c1-3-22(18(23)17-9-11-19-20-17)16-10-12-21(13-16)14(2)15-7-5-4-6-8-15/h4-8,14,16-17,19-20H,3,9-13H2,1-2H3. The summed E-state index contributed by atoms with van der Waals surface area (Å²) in [7, 11) is 0. The van der Waals surface area contributed by atoms with E-state index in [-0.39, 0.29) is 11.9 Å². The molecule has 0 radical (unpaired) electrons. The molecule has 1 aromatic carbocycles. The molecule has 0 spiro atoms. The van der Waals surface area contributed by atoms with Gasteiger partial charge in [0.25, 0.3) is 0 Å². The first-order valence-electron chi connectivity index (χ1n) is 8.78. The average Bonchev–Trinajstić information content (AvgIpc) is 3.27. The topological polar surface area (TPSA) is 47.6 Å². The normalized spacial score (nSPS) is 26.3. The number of likely N-dealkylation sites (N-methyl/N-ethyl adjacent to an activating group) is 1. The molecule has 2 saturated heterocycles. The molecule has 1 amide bonds. The summed E-state index contributed by atoms with van der Waals surface area (Å²) in [4.78, 5) is 17.3. The molecular weight excluding hydrogens is 288 g/mol. The Morgan fingerprint density at radius 3 is 2.78 bits per heavy atom. The second kappa shape index (κ2) is 7.43. The summed E-state index contributed by atoms with van der Waals surface area (Å²) in [6, 6.07) is 11.3. The number of nitrogens with zero attached hydrogens (tertiary/aromatic N) is 2. The van der Waals surface area contributed by atoms with Gasteiger partial charge in [-0.2, -0.15) is 0 Å². The van der Waals surface area contributed by atoms with Crippen LogP contribution >= 0.6 is 0 Å². The van der Waals surface area contributed by atoms with Crippen LogP contribution in [-0.2, 0) is 4.79 Å². The zero-order chi connectivity index (χ0) is 16.2. The molecule has 2 heterocycles. The first-order chi connectivity index (χ1) is 11.2. The second-order valence-electron chi connectivity index (χ2n) is 6.56. The van der Waals surface area contributed by atoms with Gasteiger partial charge in [-0.05, 0) is 32.3 Å². The predicted octanol–water partition coefficient (Wildman–Crippen LogP) is 1.54. The number of hydrogen-bond acceptors (Lipinski definition) is 4. The number of carbonyl (C=O) groups excluding carboxylic acids is 1. The zero-order valence-corrected chi connectivity index (χ0v) is 14.2. The highest BCUT2D eigenvalue weighted by Crippen LogP contribution is 2.27. The van der Waals surface area contributed by atoms with Crippen molar-refractivity contribution in [2.75, 3.05) is 26.2 Å². The summed E-state index contributed by atoms with van der Waals surface area (Å²) in [6.45, 7) is 8.03. The van der Waals surface area contributed by atoms with Crippen molar-refractivity contribution in [1.82, 2.24) is 20.7 Å². The number of hydrogen-bond donors (Lipinski definition) is 2. The van der Waals surface area contributed by atoms with Crippen molar-refractivity contribution >= 4 is 5.91 Å². The van der Waals surface area contributed by atoms with Gasteiger partial charge in [-0.15, -0.1) is 0 Å². The summed E-state index contributed by atoms with van der Waals surface area (Å²) in [5.41, 5.74) is 7.51. The highest BCUT2D eigenvalue weighted by molar-refractivity contribution is 5.82. The first kappa shape index (κ1) is 16.4. The predicted molar refractivity (Wildman–Crippen MR) is 91.8 cm³/mol. The molecule has 3 atom stereocenters. The molecule has 2 fully saturated rings. The third-order valence-corrected chi connectivity index (χ3v) is 5.22. The van der Waals surface area contributed by atoms with Gasteiger partial charge in [-0.25, -0.2) is 5.43 Å². The van der Waals surface area contributed by atoms with E-state index in [0.717, 1.165) is 39.0 Å². The molecule has 2 aliphatic heterocycles. The third kappa shape index (κ3) is 3.57. The molecule has 126 valence electrons. The Morgan fingerprint density at radius 2 is 2.13 bits per heavy atom. The van der Waals surface area contributed by atoms with Crippen molar-refractivity contribution in [3.63, 3.8) is 0 Å². The molecule has 0 saturated carbocycles. The molecule has 0 aromatic heterocycles. The van der Waals surface area contributed by atoms with Gasteiger partial charge in [-0.1, -0.05) is 30.3 Å². The van der Waals surface area contributed by atoms with Crippen LogP contribution in [0, 0.1) is 0 Å². The van der Waals surface area contributed by atoms with Crippen LogP contribution in [0.5, 0.6) is 0 Å². The Balaban J connectivity index is 1.62. The highest BCUT2D eigenvalue weighted by Gasteiger charge is 2.35. The van der Waals surface area contributed by atoms with Crippen LogP contribution in [0.15, 0.2) is 30.3 Å². The Hall–Kier alpha value is -1.43. The number of hydrazine groups is 1. The lowest BCUT2D eigenvalue weighted by Gasteiger charge is -2.31. The van der Waals surface area contributed by atoms with E-state index in [9.17, 15) is 4.79 Å². The quantitative estimate of drug-likeness (QED) is 0.865. The summed E-state index contributed by atoms with van der Waals surface area (Å²) in [6.07, 6.45) is 1.95. The van der Waals surface area contributed by atoms with Crippen molar-refractivity contribution in [2.45, 2.75) is 44.8 Å². The SMILES string of the molecule is CCN(C(=O)C1CCNN1)C1CCN(C(C)c2ccccc2)C1. The lowest BCUT2D eigenvalue weighted by Crippen LogP contribution is -2.50. The monoisotopic (exact) mass is 316 g/mol. The van der Waals surface area contributed by atoms with E-state index in [1.165, 1.54) is 5.56 Å². The molecule has 3 unspecified atom stereocenters. The fourth-order valence-electron chi connectivity index (χ4n) is 3.78. The number of nitrogens with one attached hydrogen (secondary N) is 2. The van der Waals surface area contributed by atoms with Crippen LogP contribution in [0.1, 0.15) is 38.3 Å². The minimum absolute atomic E-state index is 0.0597. The molecule has 5 nitrogen and oxygen atoms in total. The molecule has 3 rings (SSSR count). The van der Waals surface area contributed by atoms with E-state index in [0.29, 0.717) is 12.1 Å². The molecule has 23 heavy (non-hydrogen) atoms. The summed E-state index contributed by atoms with van der Waals surface area (Å²) >= 11 is 0. The lowest BCUT2D eigenvalue weighted by molar-refractivity contribution is -0.135. The molecule has 1 aromatic rings. The van der Waals surface area contributed by atoms with Gasteiger partial charge in [0, 0.05) is 38.3 Å². The van der Waals surface area contributed by atoms with E-state index < -0.39 is 0 Å². The van der Waals surface area contributed by atoms with Crippen LogP contribution in [0.25, 0.3) is 0 Å². The van der Waals surface area contributed by atoms with Crippen molar-refractivity contribution in [2.24, 2.45) is 0 Å². The van der Waals surface area contributed by atoms with E-state index >= 15 is 0 Å². The van der Waals surface area contributed by atoms with E-state index in [1.54, 1.807) is 0 Å². The van der Waals surface area contributed by atoms with Crippen LogP contribution in [0.3, 0.4) is 0 Å². The number of carbonyl (C=O) groups is 1. The Kier molecular flexibility index (Phi) is 5.30. The minimum atomic E-state index is -0.0597. The lowest BCUT2D eigenvalue weighted by atomic mass is 10.1. The van der Waals surface area contributed by atoms with E-state index in [4.69, 9.17) is 0 Å². The number of amides is 1. The van der Waals surface area contributed by atoms with Crippen molar-refractivity contribution in [1.29, 1.82) is 0 Å². The molecule has 2 aliphatic rings.